The monoisotopic (exact) mass is 280 g/mol. The van der Waals surface area contributed by atoms with Crippen molar-refractivity contribution in [3.05, 3.63) is 35.4 Å². The van der Waals surface area contributed by atoms with Gasteiger partial charge in [0.1, 0.15) is 0 Å². The molecule has 4 heteroatoms. The van der Waals surface area contributed by atoms with Crippen molar-refractivity contribution in [2.45, 2.75) is 19.4 Å². The maximum absolute atomic E-state index is 11.8. The molecule has 0 radical (unpaired) electrons. The van der Waals surface area contributed by atoms with Gasteiger partial charge in [-0.05, 0) is 31.5 Å². The molecule has 1 aromatic rings. The molecule has 0 aliphatic heterocycles. The number of carbonyl (C=O) groups excluding carboxylic acids is 1. The predicted molar refractivity (Wildman–Crippen MR) is 66.5 cm³/mol. The van der Waals surface area contributed by atoms with Gasteiger partial charge in [-0.15, -0.1) is 0 Å². The number of amides is 1. The van der Waals surface area contributed by atoms with Crippen LogP contribution in [0.5, 0.6) is 0 Å². The second-order valence-corrected chi connectivity index (χ2v) is 4.34. The zero-order valence-corrected chi connectivity index (χ0v) is 10.6. The lowest BCUT2D eigenvalue weighted by molar-refractivity contribution is 0.0939. The Kier molecular flexibility index (Phi) is 5.00. The van der Waals surface area contributed by atoms with Gasteiger partial charge in [0, 0.05) is 16.9 Å². The lowest BCUT2D eigenvalue weighted by Crippen LogP contribution is -2.32. The van der Waals surface area contributed by atoms with Crippen molar-refractivity contribution in [2.24, 2.45) is 0 Å². The first kappa shape index (κ1) is 12.7. The normalized spacial score (nSPS) is 11.6. The summed E-state index contributed by atoms with van der Waals surface area (Å²) < 4.78 is 0. The third-order valence-corrected chi connectivity index (χ3v) is 2.63. The van der Waals surface area contributed by atoms with Crippen molar-refractivity contribution in [1.82, 2.24) is 5.32 Å². The molecule has 0 heterocycles. The summed E-state index contributed by atoms with van der Waals surface area (Å²) in [7, 11) is 0. The van der Waals surface area contributed by atoms with E-state index in [0.717, 1.165) is 11.8 Å². The van der Waals surface area contributed by atoms with E-state index in [1.807, 2.05) is 13.0 Å². The number of nitrogens with zero attached hydrogens (tertiary/aromatic N) is 1. The minimum Gasteiger partial charge on any atom is -0.350 e. The standard InChI is InChI=1S/C12H13BrN2O/c1-9(5-6-13)15-12(16)11-4-2-3-10(7-11)8-14/h2-4,7,9H,5-6H2,1H3,(H,15,16). The molecular formula is C12H13BrN2O. The molecule has 16 heavy (non-hydrogen) atoms. The van der Waals surface area contributed by atoms with Gasteiger partial charge in [0.25, 0.3) is 5.91 Å². The minimum absolute atomic E-state index is 0.123. The molecule has 0 aliphatic carbocycles. The molecule has 1 unspecified atom stereocenters. The number of nitrogens with one attached hydrogen (secondary N) is 1. The van der Waals surface area contributed by atoms with Crippen LogP contribution in [-0.2, 0) is 0 Å². The Balaban J connectivity index is 2.70. The quantitative estimate of drug-likeness (QED) is 0.862. The molecule has 0 aliphatic rings. The fourth-order valence-corrected chi connectivity index (χ4v) is 1.96. The van der Waals surface area contributed by atoms with Gasteiger partial charge in [-0.2, -0.15) is 5.26 Å². The van der Waals surface area contributed by atoms with Crippen LogP contribution in [0.2, 0.25) is 0 Å². The number of hydrogen-bond donors (Lipinski definition) is 1. The first-order chi connectivity index (χ1) is 7.67. The Bertz CT molecular complexity index is 412. The Morgan fingerprint density at radius 3 is 3.00 bits per heavy atom. The summed E-state index contributed by atoms with van der Waals surface area (Å²) in [6.07, 6.45) is 0.879. The van der Waals surface area contributed by atoms with Gasteiger partial charge in [-0.25, -0.2) is 0 Å². The molecule has 0 spiro atoms. The topological polar surface area (TPSA) is 52.9 Å². The summed E-state index contributed by atoms with van der Waals surface area (Å²) in [5.41, 5.74) is 1.03. The minimum atomic E-state index is -0.134. The summed E-state index contributed by atoms with van der Waals surface area (Å²) >= 11 is 3.32. The van der Waals surface area contributed by atoms with Crippen molar-refractivity contribution in [3.63, 3.8) is 0 Å². The number of benzene rings is 1. The fourth-order valence-electron chi connectivity index (χ4n) is 1.27. The van der Waals surface area contributed by atoms with E-state index in [4.69, 9.17) is 5.26 Å². The number of carbonyl (C=O) groups is 1. The summed E-state index contributed by atoms with van der Waals surface area (Å²) in [4.78, 5) is 11.8. The number of alkyl halides is 1. The van der Waals surface area contributed by atoms with Gasteiger partial charge in [0.15, 0.2) is 0 Å². The largest absolute Gasteiger partial charge is 0.350 e. The van der Waals surface area contributed by atoms with Crippen molar-refractivity contribution >= 4 is 21.8 Å². The fraction of sp³-hybridized carbons (Fsp3) is 0.333. The van der Waals surface area contributed by atoms with E-state index < -0.39 is 0 Å². The van der Waals surface area contributed by atoms with E-state index in [9.17, 15) is 4.79 Å². The first-order valence-electron chi connectivity index (χ1n) is 5.04. The van der Waals surface area contributed by atoms with Gasteiger partial charge >= 0.3 is 0 Å². The summed E-state index contributed by atoms with van der Waals surface area (Å²) in [5, 5.41) is 12.4. The highest BCUT2D eigenvalue weighted by molar-refractivity contribution is 9.09. The van der Waals surface area contributed by atoms with Crippen molar-refractivity contribution in [3.8, 4) is 6.07 Å². The second-order valence-electron chi connectivity index (χ2n) is 3.54. The molecule has 1 aromatic carbocycles. The number of nitriles is 1. The van der Waals surface area contributed by atoms with Crippen molar-refractivity contribution in [2.75, 3.05) is 5.33 Å². The van der Waals surface area contributed by atoms with Gasteiger partial charge in [-0.3, -0.25) is 4.79 Å². The average molecular weight is 281 g/mol. The molecular weight excluding hydrogens is 268 g/mol. The molecule has 0 saturated carbocycles. The molecule has 1 N–H and O–H groups in total. The van der Waals surface area contributed by atoms with Crippen LogP contribution in [0.25, 0.3) is 0 Å². The number of halogens is 1. The van der Waals surface area contributed by atoms with Crippen LogP contribution in [-0.4, -0.2) is 17.3 Å². The molecule has 1 amide bonds. The Labute approximate surface area is 104 Å². The highest BCUT2D eigenvalue weighted by Gasteiger charge is 2.09. The third-order valence-electron chi connectivity index (χ3n) is 2.17. The van der Waals surface area contributed by atoms with Gasteiger partial charge in [-0.1, -0.05) is 22.0 Å². The van der Waals surface area contributed by atoms with Crippen molar-refractivity contribution < 1.29 is 4.79 Å². The van der Waals surface area contributed by atoms with Crippen LogP contribution < -0.4 is 5.32 Å². The van der Waals surface area contributed by atoms with E-state index in [1.54, 1.807) is 24.3 Å². The van der Waals surface area contributed by atoms with Crippen LogP contribution >= 0.6 is 15.9 Å². The van der Waals surface area contributed by atoms with Crippen LogP contribution in [0.4, 0.5) is 0 Å². The molecule has 84 valence electrons. The smallest absolute Gasteiger partial charge is 0.251 e. The molecule has 0 aromatic heterocycles. The Hall–Kier alpha value is -1.34. The van der Waals surface area contributed by atoms with Crippen molar-refractivity contribution in [1.29, 1.82) is 5.26 Å². The van der Waals surface area contributed by atoms with Crippen LogP contribution in [0, 0.1) is 11.3 Å². The number of rotatable bonds is 4. The van der Waals surface area contributed by atoms with Gasteiger partial charge in [0.2, 0.25) is 0 Å². The highest BCUT2D eigenvalue weighted by Crippen LogP contribution is 2.05. The molecule has 0 saturated heterocycles. The van der Waals surface area contributed by atoms with E-state index in [1.165, 1.54) is 0 Å². The maximum Gasteiger partial charge on any atom is 0.251 e. The van der Waals surface area contributed by atoms with E-state index in [-0.39, 0.29) is 11.9 Å². The van der Waals surface area contributed by atoms with Crippen LogP contribution in [0.3, 0.4) is 0 Å². The summed E-state index contributed by atoms with van der Waals surface area (Å²) in [6, 6.07) is 8.83. The maximum atomic E-state index is 11.8. The molecule has 3 nitrogen and oxygen atoms in total. The molecule has 1 rings (SSSR count). The average Bonchev–Trinajstić information content (AvgIpc) is 2.29. The third kappa shape index (κ3) is 3.67. The zero-order valence-electron chi connectivity index (χ0n) is 9.03. The van der Waals surface area contributed by atoms with E-state index in [2.05, 4.69) is 21.2 Å². The first-order valence-corrected chi connectivity index (χ1v) is 6.16. The molecule has 0 bridgehead atoms. The Morgan fingerprint density at radius 1 is 1.62 bits per heavy atom. The highest BCUT2D eigenvalue weighted by atomic mass is 79.9. The summed E-state index contributed by atoms with van der Waals surface area (Å²) in [6.45, 7) is 1.95. The van der Waals surface area contributed by atoms with Crippen LogP contribution in [0.15, 0.2) is 24.3 Å². The van der Waals surface area contributed by atoms with E-state index in [0.29, 0.717) is 11.1 Å². The van der Waals surface area contributed by atoms with E-state index >= 15 is 0 Å². The van der Waals surface area contributed by atoms with Gasteiger partial charge in [0.05, 0.1) is 11.6 Å². The van der Waals surface area contributed by atoms with Gasteiger partial charge < -0.3 is 5.32 Å². The van der Waals surface area contributed by atoms with Crippen LogP contribution in [0.1, 0.15) is 29.3 Å². The lowest BCUT2D eigenvalue weighted by atomic mass is 10.1. The second kappa shape index (κ2) is 6.29. The lowest BCUT2D eigenvalue weighted by Gasteiger charge is -2.12. The SMILES string of the molecule is CC(CCBr)NC(=O)c1cccc(C#N)c1. The molecule has 1 atom stereocenters. The zero-order chi connectivity index (χ0) is 12.0. The molecule has 0 fully saturated rings. The predicted octanol–water partition coefficient (Wildman–Crippen LogP) is 2.46. The Morgan fingerprint density at radius 2 is 2.38 bits per heavy atom. The number of hydrogen-bond acceptors (Lipinski definition) is 2. The summed E-state index contributed by atoms with van der Waals surface area (Å²) in [5.74, 6) is -0.134.